The monoisotopic (exact) mass is 356 g/mol. The summed E-state index contributed by atoms with van der Waals surface area (Å²) < 4.78 is 4.78. The van der Waals surface area contributed by atoms with Gasteiger partial charge in [-0.1, -0.05) is 18.7 Å². The van der Waals surface area contributed by atoms with Crippen molar-refractivity contribution in [2.45, 2.75) is 18.4 Å². The van der Waals surface area contributed by atoms with E-state index in [2.05, 4.69) is 6.58 Å². The smallest absolute Gasteiger partial charge is 0.336 e. The number of benzene rings is 1. The lowest BCUT2D eigenvalue weighted by Gasteiger charge is -2.26. The highest BCUT2D eigenvalue weighted by Gasteiger charge is 2.30. The number of aromatic carboxylic acids is 2. The first-order chi connectivity index (χ1) is 11.2. The molecule has 0 aliphatic heterocycles. The first-order valence-electron chi connectivity index (χ1n) is 6.90. The van der Waals surface area contributed by atoms with Gasteiger partial charge in [-0.15, -0.1) is 11.6 Å². The number of hydrogen-bond donors (Lipinski definition) is 3. The van der Waals surface area contributed by atoms with Crippen LogP contribution < -0.4 is 0 Å². The summed E-state index contributed by atoms with van der Waals surface area (Å²) in [6, 6.07) is 3.96. The van der Waals surface area contributed by atoms with E-state index in [0.717, 1.165) is 6.08 Å². The van der Waals surface area contributed by atoms with E-state index >= 15 is 0 Å². The lowest BCUT2D eigenvalue weighted by Crippen LogP contribution is -2.36. The SMILES string of the molecule is C=CC(=O)OCCC(O)(CCl)Cc1cccc(C(=O)O)c1C(=O)O. The predicted octanol–water partition coefficient (Wildman–Crippen LogP) is 1.71. The molecular weight excluding hydrogens is 340 g/mol. The largest absolute Gasteiger partial charge is 0.478 e. The summed E-state index contributed by atoms with van der Waals surface area (Å²) in [5.41, 5.74) is -2.23. The predicted molar refractivity (Wildman–Crippen MR) is 85.5 cm³/mol. The summed E-state index contributed by atoms with van der Waals surface area (Å²) in [7, 11) is 0. The summed E-state index contributed by atoms with van der Waals surface area (Å²) in [4.78, 5) is 33.6. The molecule has 0 radical (unpaired) electrons. The van der Waals surface area contributed by atoms with Crippen LogP contribution in [0.2, 0.25) is 0 Å². The minimum Gasteiger partial charge on any atom is -0.478 e. The molecule has 1 aromatic carbocycles. The maximum Gasteiger partial charge on any atom is 0.336 e. The van der Waals surface area contributed by atoms with Crippen LogP contribution in [-0.4, -0.2) is 51.3 Å². The average molecular weight is 357 g/mol. The minimum atomic E-state index is -1.57. The third-order valence-electron chi connectivity index (χ3n) is 3.34. The van der Waals surface area contributed by atoms with Crippen LogP contribution in [0.15, 0.2) is 30.9 Å². The Balaban J connectivity index is 3.05. The van der Waals surface area contributed by atoms with Crippen LogP contribution in [0, 0.1) is 0 Å². The van der Waals surface area contributed by atoms with Crippen molar-refractivity contribution in [1.29, 1.82) is 0 Å². The molecule has 8 heteroatoms. The van der Waals surface area contributed by atoms with E-state index in [1.807, 2.05) is 0 Å². The van der Waals surface area contributed by atoms with Crippen molar-refractivity contribution in [2.75, 3.05) is 12.5 Å². The molecule has 130 valence electrons. The number of carbonyl (C=O) groups is 3. The number of carbonyl (C=O) groups excluding carboxylic acids is 1. The van der Waals surface area contributed by atoms with E-state index in [9.17, 15) is 24.6 Å². The Hall–Kier alpha value is -2.38. The molecule has 7 nitrogen and oxygen atoms in total. The van der Waals surface area contributed by atoms with Crippen LogP contribution in [0.25, 0.3) is 0 Å². The molecule has 24 heavy (non-hydrogen) atoms. The first kappa shape index (κ1) is 19.7. The number of esters is 1. The fraction of sp³-hybridized carbons (Fsp3) is 0.312. The Morgan fingerprint density at radius 2 is 1.92 bits per heavy atom. The number of carboxylic acids is 2. The van der Waals surface area contributed by atoms with E-state index in [-0.39, 0.29) is 36.5 Å². The highest BCUT2D eigenvalue weighted by Crippen LogP contribution is 2.24. The summed E-state index contributed by atoms with van der Waals surface area (Å²) >= 11 is 5.77. The van der Waals surface area contributed by atoms with Gasteiger partial charge in [0.25, 0.3) is 0 Å². The summed E-state index contributed by atoms with van der Waals surface area (Å²) in [6.45, 7) is 3.09. The van der Waals surface area contributed by atoms with Gasteiger partial charge < -0.3 is 20.1 Å². The van der Waals surface area contributed by atoms with Gasteiger partial charge in [0, 0.05) is 18.9 Å². The Morgan fingerprint density at radius 1 is 1.25 bits per heavy atom. The van der Waals surface area contributed by atoms with Gasteiger partial charge in [0.1, 0.15) is 0 Å². The van der Waals surface area contributed by atoms with Crippen molar-refractivity contribution in [3.8, 4) is 0 Å². The molecule has 0 bridgehead atoms. The van der Waals surface area contributed by atoms with Crippen molar-refractivity contribution in [3.05, 3.63) is 47.5 Å². The maximum absolute atomic E-state index is 11.4. The Bertz CT molecular complexity index is 656. The molecule has 0 aliphatic carbocycles. The van der Waals surface area contributed by atoms with E-state index in [1.165, 1.54) is 18.2 Å². The topological polar surface area (TPSA) is 121 Å². The zero-order valence-electron chi connectivity index (χ0n) is 12.7. The van der Waals surface area contributed by atoms with Crippen LogP contribution in [-0.2, 0) is 16.0 Å². The minimum absolute atomic E-state index is 0.0492. The summed E-state index contributed by atoms with van der Waals surface area (Å²) in [5.74, 6) is -3.72. The zero-order valence-corrected chi connectivity index (χ0v) is 13.5. The lowest BCUT2D eigenvalue weighted by molar-refractivity contribution is -0.139. The third kappa shape index (κ3) is 5.07. The van der Waals surface area contributed by atoms with Crippen LogP contribution >= 0.6 is 11.6 Å². The Kier molecular flexibility index (Phi) is 6.94. The van der Waals surface area contributed by atoms with Gasteiger partial charge in [-0.25, -0.2) is 14.4 Å². The maximum atomic E-state index is 11.4. The number of carboxylic acid groups (broad SMARTS) is 2. The van der Waals surface area contributed by atoms with Crippen LogP contribution in [0.3, 0.4) is 0 Å². The van der Waals surface area contributed by atoms with E-state index in [0.29, 0.717) is 0 Å². The molecule has 3 N–H and O–H groups in total. The second-order valence-electron chi connectivity index (χ2n) is 5.11. The molecule has 0 heterocycles. The molecule has 0 aliphatic rings. The number of halogens is 1. The average Bonchev–Trinajstić information content (AvgIpc) is 2.54. The highest BCUT2D eigenvalue weighted by molar-refractivity contribution is 6.18. The summed E-state index contributed by atoms with van der Waals surface area (Å²) in [5, 5.41) is 28.9. The molecule has 1 aromatic rings. The first-order valence-corrected chi connectivity index (χ1v) is 7.43. The van der Waals surface area contributed by atoms with Gasteiger partial charge in [-0.3, -0.25) is 0 Å². The van der Waals surface area contributed by atoms with Crippen LogP contribution in [0.4, 0.5) is 0 Å². The second kappa shape index (κ2) is 8.47. The fourth-order valence-corrected chi connectivity index (χ4v) is 2.36. The quantitative estimate of drug-likeness (QED) is 0.350. The van der Waals surface area contributed by atoms with E-state index in [4.69, 9.17) is 21.4 Å². The second-order valence-corrected chi connectivity index (χ2v) is 5.37. The number of rotatable bonds is 9. The van der Waals surface area contributed by atoms with Crippen molar-refractivity contribution >= 4 is 29.5 Å². The molecular formula is C16H17ClO7. The van der Waals surface area contributed by atoms with Gasteiger partial charge in [-0.2, -0.15) is 0 Å². The van der Waals surface area contributed by atoms with Crippen LogP contribution in [0.5, 0.6) is 0 Å². The van der Waals surface area contributed by atoms with Crippen molar-refractivity contribution in [3.63, 3.8) is 0 Å². The van der Waals surface area contributed by atoms with Crippen molar-refractivity contribution in [2.24, 2.45) is 0 Å². The van der Waals surface area contributed by atoms with E-state index < -0.39 is 29.1 Å². The molecule has 1 unspecified atom stereocenters. The van der Waals surface area contributed by atoms with Gasteiger partial charge >= 0.3 is 17.9 Å². The van der Waals surface area contributed by atoms with Gasteiger partial charge in [0.2, 0.25) is 0 Å². The molecule has 0 fully saturated rings. The molecule has 0 saturated carbocycles. The molecule has 0 amide bonds. The van der Waals surface area contributed by atoms with E-state index in [1.54, 1.807) is 0 Å². The molecule has 1 atom stereocenters. The number of alkyl halides is 1. The number of ether oxygens (including phenoxy) is 1. The lowest BCUT2D eigenvalue weighted by atomic mass is 9.89. The Morgan fingerprint density at radius 3 is 2.42 bits per heavy atom. The van der Waals surface area contributed by atoms with Gasteiger partial charge in [0.05, 0.1) is 29.2 Å². The van der Waals surface area contributed by atoms with Crippen molar-refractivity contribution < 1.29 is 34.4 Å². The standard InChI is InChI=1S/C16H17ClO7/c1-2-12(18)24-7-6-16(23,9-17)8-10-4-3-5-11(14(19)20)13(10)15(21)22/h2-5,23H,1,6-9H2,(H,19,20)(H,21,22). The molecule has 1 rings (SSSR count). The highest BCUT2D eigenvalue weighted by atomic mass is 35.5. The molecule has 0 aromatic heterocycles. The van der Waals surface area contributed by atoms with Gasteiger partial charge in [-0.05, 0) is 11.6 Å². The zero-order chi connectivity index (χ0) is 18.3. The molecule has 0 saturated heterocycles. The Labute approximate surface area is 143 Å². The summed E-state index contributed by atoms with van der Waals surface area (Å²) in [6.07, 6.45) is 0.718. The van der Waals surface area contributed by atoms with Gasteiger partial charge in [0.15, 0.2) is 0 Å². The van der Waals surface area contributed by atoms with Crippen LogP contribution in [0.1, 0.15) is 32.7 Å². The van der Waals surface area contributed by atoms with Crippen molar-refractivity contribution in [1.82, 2.24) is 0 Å². The third-order valence-corrected chi connectivity index (χ3v) is 3.84. The number of hydrogen-bond acceptors (Lipinski definition) is 5. The fourth-order valence-electron chi connectivity index (χ4n) is 2.14. The normalized spacial score (nSPS) is 12.9. The number of aliphatic hydroxyl groups is 1. The molecule has 0 spiro atoms.